The van der Waals surface area contributed by atoms with Crippen molar-refractivity contribution in [2.45, 2.75) is 17.8 Å². The monoisotopic (exact) mass is 335 g/mol. The van der Waals surface area contributed by atoms with Crippen LogP contribution in [-0.2, 0) is 28.7 Å². The number of rotatable bonds is 7. The third kappa shape index (κ3) is 5.14. The molecule has 1 aliphatic rings. The van der Waals surface area contributed by atoms with Gasteiger partial charge in [0.25, 0.3) is 0 Å². The van der Waals surface area contributed by atoms with Gasteiger partial charge in [-0.05, 0) is 12.3 Å². The molecule has 116 valence electrons. The molecule has 1 unspecified atom stereocenters. The number of Topliss-reactive ketones (excluding diaryl/α,β-unsaturated/α-hetero) is 2. The van der Waals surface area contributed by atoms with Crippen molar-refractivity contribution in [3.63, 3.8) is 0 Å². The summed E-state index contributed by atoms with van der Waals surface area (Å²) in [7, 11) is 1.23. The molecule has 1 heterocycles. The van der Waals surface area contributed by atoms with Gasteiger partial charge in [-0.3, -0.25) is 14.5 Å². The quantitative estimate of drug-likeness (QED) is 0.284. The summed E-state index contributed by atoms with van der Waals surface area (Å²) in [6, 6.07) is 0. The summed E-state index contributed by atoms with van der Waals surface area (Å²) in [6.07, 6.45) is 1.16. The van der Waals surface area contributed by atoms with Gasteiger partial charge in [0.1, 0.15) is 12.0 Å². The van der Waals surface area contributed by atoms with Gasteiger partial charge in [-0.25, -0.2) is 9.59 Å². The number of thioether (sulfide) groups is 1. The predicted octanol–water partition coefficient (Wildman–Crippen LogP) is 0.314. The lowest BCUT2D eigenvalue weighted by Crippen LogP contribution is -2.59. The van der Waals surface area contributed by atoms with Crippen LogP contribution in [0.2, 0.25) is 0 Å². The molecular weight excluding hydrogens is 322 g/mol. The van der Waals surface area contributed by atoms with E-state index in [4.69, 9.17) is 16.3 Å². The van der Waals surface area contributed by atoms with Crippen molar-refractivity contribution in [1.29, 1.82) is 0 Å². The maximum absolute atomic E-state index is 11.6. The summed E-state index contributed by atoms with van der Waals surface area (Å²) < 4.78 is 9.10. The van der Waals surface area contributed by atoms with Crippen LogP contribution in [-0.4, -0.2) is 59.5 Å². The zero-order valence-electron chi connectivity index (χ0n) is 11.4. The molecule has 0 radical (unpaired) electrons. The van der Waals surface area contributed by atoms with Crippen molar-refractivity contribution in [2.75, 3.05) is 20.3 Å². The Labute approximate surface area is 130 Å². The number of alkyl halides is 1. The average Bonchev–Trinajstić information content (AvgIpc) is 2.45. The molecule has 1 aliphatic heterocycles. The second-order valence-electron chi connectivity index (χ2n) is 4.10. The van der Waals surface area contributed by atoms with Gasteiger partial charge in [-0.2, -0.15) is 0 Å². The Morgan fingerprint density at radius 3 is 2.71 bits per heavy atom. The number of ether oxygens (including phenoxy) is 2. The van der Waals surface area contributed by atoms with Gasteiger partial charge in [0.15, 0.2) is 17.1 Å². The van der Waals surface area contributed by atoms with E-state index in [1.54, 1.807) is 0 Å². The zero-order chi connectivity index (χ0) is 16.0. The lowest BCUT2D eigenvalue weighted by atomic mass is 10.2. The predicted molar refractivity (Wildman–Crippen MR) is 75.5 cm³/mol. The number of carbonyl (C=O) groups excluding carboxylic acids is 4. The van der Waals surface area contributed by atoms with Gasteiger partial charge in [-0.15, -0.1) is 11.8 Å². The fourth-order valence-corrected chi connectivity index (χ4v) is 2.61. The molecule has 0 aromatic heterocycles. The topological polar surface area (TPSA) is 90.0 Å². The van der Waals surface area contributed by atoms with Crippen LogP contribution in [0.15, 0.2) is 11.5 Å². The summed E-state index contributed by atoms with van der Waals surface area (Å²) in [5.74, 6) is -1.77. The molecule has 7 nitrogen and oxygen atoms in total. The number of methoxy groups -OCH3 is 1. The minimum atomic E-state index is -1.16. The lowest BCUT2D eigenvalue weighted by molar-refractivity contribution is -0.153. The highest BCUT2D eigenvalue weighted by atomic mass is 35.5. The number of halogens is 1. The Kier molecular flexibility index (Phi) is 6.86. The van der Waals surface area contributed by atoms with Crippen molar-refractivity contribution in [2.24, 2.45) is 0 Å². The molecule has 1 rings (SSSR count). The largest absolute Gasteiger partial charge is 0.466 e. The van der Waals surface area contributed by atoms with Crippen molar-refractivity contribution in [3.8, 4) is 0 Å². The van der Waals surface area contributed by atoms with Gasteiger partial charge < -0.3 is 9.47 Å². The van der Waals surface area contributed by atoms with Gasteiger partial charge in [0.05, 0.1) is 13.7 Å². The Morgan fingerprint density at radius 1 is 1.52 bits per heavy atom. The fourth-order valence-electron chi connectivity index (χ4n) is 1.38. The van der Waals surface area contributed by atoms with E-state index in [0.29, 0.717) is 0 Å². The average molecular weight is 336 g/mol. The third-order valence-electron chi connectivity index (χ3n) is 2.43. The van der Waals surface area contributed by atoms with Crippen LogP contribution in [0.25, 0.3) is 0 Å². The van der Waals surface area contributed by atoms with Crippen LogP contribution < -0.4 is 0 Å². The van der Waals surface area contributed by atoms with E-state index < -0.39 is 22.8 Å². The number of nitrogens with zero attached hydrogens (tertiary/aromatic N) is 1. The van der Waals surface area contributed by atoms with Crippen LogP contribution in [0, 0.1) is 0 Å². The maximum Gasteiger partial charge on any atom is 0.339 e. The Balaban J connectivity index is 2.52. The number of hydrogen-bond acceptors (Lipinski definition) is 8. The molecule has 9 heteroatoms. The summed E-state index contributed by atoms with van der Waals surface area (Å²) in [4.78, 5) is 46.1. The number of esters is 2. The first-order chi connectivity index (χ1) is 9.86. The van der Waals surface area contributed by atoms with Crippen molar-refractivity contribution in [3.05, 3.63) is 11.5 Å². The third-order valence-corrected chi connectivity index (χ3v) is 3.94. The first-order valence-electron chi connectivity index (χ1n) is 5.85. The molecular formula is C12H14ClNO6S. The summed E-state index contributed by atoms with van der Waals surface area (Å²) in [6.45, 7) is 0.927. The lowest BCUT2D eigenvalue weighted by Gasteiger charge is -2.39. The van der Waals surface area contributed by atoms with E-state index in [9.17, 15) is 19.2 Å². The second-order valence-corrected chi connectivity index (χ2v) is 5.50. The second kappa shape index (κ2) is 8.16. The smallest absolute Gasteiger partial charge is 0.339 e. The minimum absolute atomic E-state index is 0.00701. The van der Waals surface area contributed by atoms with E-state index in [0.717, 1.165) is 17.8 Å². The maximum atomic E-state index is 11.6. The van der Waals surface area contributed by atoms with Gasteiger partial charge in [0.2, 0.25) is 0 Å². The summed E-state index contributed by atoms with van der Waals surface area (Å²) in [5, 5.41) is 0.726. The Hall–Kier alpha value is -1.38. The number of ketones is 2. The highest BCUT2D eigenvalue weighted by Gasteiger charge is 2.44. The van der Waals surface area contributed by atoms with Crippen LogP contribution in [0.5, 0.6) is 0 Å². The SMILES string of the molecule is COC(=O)/C=C/S[C@@H]1C(=O)CN1C(Cl)C(=O)OCC(C)=O. The van der Waals surface area contributed by atoms with E-state index in [1.807, 2.05) is 0 Å². The standard InChI is InChI=1S/C12H14ClNO6S/c1-7(15)6-20-12(18)10(13)14-5-8(16)11(14)21-4-3-9(17)19-2/h3-4,10-11H,5-6H2,1-2H3/b4-3+/t10?,11-/m1/s1. The molecule has 0 bridgehead atoms. The van der Waals surface area contributed by atoms with E-state index in [2.05, 4.69) is 4.74 Å². The molecule has 21 heavy (non-hydrogen) atoms. The first-order valence-corrected chi connectivity index (χ1v) is 7.23. The van der Waals surface area contributed by atoms with Crippen LogP contribution >= 0.6 is 23.4 Å². The molecule has 0 aromatic carbocycles. The molecule has 1 fully saturated rings. The number of likely N-dealkylation sites (tertiary alicyclic amines) is 1. The first kappa shape index (κ1) is 17.7. The van der Waals surface area contributed by atoms with Crippen LogP contribution in [0.3, 0.4) is 0 Å². The molecule has 2 atom stereocenters. The Bertz CT molecular complexity index is 480. The molecule has 1 saturated heterocycles. The molecule has 0 aromatic rings. The van der Waals surface area contributed by atoms with E-state index in [1.165, 1.54) is 24.3 Å². The minimum Gasteiger partial charge on any atom is -0.466 e. The molecule has 0 spiro atoms. The number of carbonyl (C=O) groups is 4. The van der Waals surface area contributed by atoms with Crippen LogP contribution in [0.4, 0.5) is 0 Å². The van der Waals surface area contributed by atoms with Crippen LogP contribution in [0.1, 0.15) is 6.92 Å². The molecule has 0 N–H and O–H groups in total. The summed E-state index contributed by atoms with van der Waals surface area (Å²) in [5.41, 5.74) is -1.16. The summed E-state index contributed by atoms with van der Waals surface area (Å²) >= 11 is 6.93. The highest BCUT2D eigenvalue weighted by molar-refractivity contribution is 8.03. The van der Waals surface area contributed by atoms with Gasteiger partial charge in [0, 0.05) is 6.08 Å². The van der Waals surface area contributed by atoms with Crippen molar-refractivity contribution < 1.29 is 28.7 Å². The molecule has 0 aliphatic carbocycles. The van der Waals surface area contributed by atoms with E-state index in [-0.39, 0.29) is 24.7 Å². The zero-order valence-corrected chi connectivity index (χ0v) is 13.0. The molecule has 0 saturated carbocycles. The number of hydrogen-bond donors (Lipinski definition) is 0. The molecule has 0 amide bonds. The fraction of sp³-hybridized carbons (Fsp3) is 0.500. The normalized spacial score (nSPS) is 20.0. The highest BCUT2D eigenvalue weighted by Crippen LogP contribution is 2.30. The van der Waals surface area contributed by atoms with Crippen molar-refractivity contribution >= 4 is 46.9 Å². The van der Waals surface area contributed by atoms with Gasteiger partial charge >= 0.3 is 11.9 Å². The Morgan fingerprint density at radius 2 is 2.19 bits per heavy atom. The van der Waals surface area contributed by atoms with Gasteiger partial charge in [-0.1, -0.05) is 11.6 Å². The van der Waals surface area contributed by atoms with Crippen molar-refractivity contribution in [1.82, 2.24) is 4.90 Å². The van der Waals surface area contributed by atoms with E-state index >= 15 is 0 Å².